The van der Waals surface area contributed by atoms with Gasteiger partial charge in [0.05, 0.1) is 7.11 Å². The van der Waals surface area contributed by atoms with Gasteiger partial charge in [0, 0.05) is 5.78 Å². The Labute approximate surface area is 88.8 Å². The average molecular weight is 166 g/mol. The van der Waals surface area contributed by atoms with E-state index in [1.54, 1.807) is 13.8 Å². The summed E-state index contributed by atoms with van der Waals surface area (Å²) in [5.74, 6) is -0.926. The summed E-state index contributed by atoms with van der Waals surface area (Å²) in [6.45, 7) is 3.45. The number of hydrogen-bond acceptors (Lipinski definition) is 3. The molecule has 0 saturated carbocycles. The zero-order valence-corrected chi connectivity index (χ0v) is 9.38. The molecular formula is C7H11NaO3. The topological polar surface area (TPSA) is 43.4 Å². The van der Waals surface area contributed by atoms with Gasteiger partial charge >= 0.3 is 29.6 Å². The quantitative estimate of drug-likeness (QED) is 0.203. The molecule has 0 bridgehead atoms. The first-order valence-electron chi connectivity index (χ1n) is 3.04. The molecule has 0 spiro atoms. The van der Waals surface area contributed by atoms with E-state index in [1.165, 1.54) is 7.11 Å². The molecule has 0 aliphatic carbocycles. The Bertz CT molecular complexity index is 143. The van der Waals surface area contributed by atoms with Crippen LogP contribution >= 0.6 is 0 Å². The van der Waals surface area contributed by atoms with E-state index in [-0.39, 0.29) is 41.3 Å². The summed E-state index contributed by atoms with van der Waals surface area (Å²) in [4.78, 5) is 21.2. The van der Waals surface area contributed by atoms with Gasteiger partial charge in [-0.3, -0.25) is 4.79 Å². The van der Waals surface area contributed by atoms with Gasteiger partial charge in [-0.25, -0.2) is 6.42 Å². The smallest absolute Gasteiger partial charge is 0.491 e. The second-order valence-corrected chi connectivity index (χ2v) is 2.22. The number of rotatable bonds is 3. The van der Waals surface area contributed by atoms with E-state index < -0.39 is 5.97 Å². The predicted octanol–water partition coefficient (Wildman–Crippen LogP) is -2.41. The molecule has 0 radical (unpaired) electrons. The normalized spacial score (nSPS) is 8.36. The molecule has 0 aromatic carbocycles. The van der Waals surface area contributed by atoms with E-state index >= 15 is 0 Å². The number of carbonyl (C=O) groups is 2. The van der Waals surface area contributed by atoms with Crippen LogP contribution in [0, 0.1) is 12.3 Å². The third-order valence-electron chi connectivity index (χ3n) is 1.03. The fraction of sp³-hybridized carbons (Fsp3) is 0.571. The molecule has 0 saturated heterocycles. The third-order valence-corrected chi connectivity index (χ3v) is 1.03. The fourth-order valence-corrected chi connectivity index (χ4v) is 0.342. The van der Waals surface area contributed by atoms with Crippen LogP contribution in [-0.4, -0.2) is 18.9 Å². The summed E-state index contributed by atoms with van der Waals surface area (Å²) in [6, 6.07) is 0. The first-order valence-corrected chi connectivity index (χ1v) is 3.04. The third kappa shape index (κ3) is 6.41. The molecule has 0 unspecified atom stereocenters. The van der Waals surface area contributed by atoms with E-state index in [9.17, 15) is 9.59 Å². The van der Waals surface area contributed by atoms with Crippen LogP contribution < -0.4 is 29.6 Å². The molecule has 0 aliphatic heterocycles. The van der Waals surface area contributed by atoms with E-state index in [0.717, 1.165) is 6.42 Å². The van der Waals surface area contributed by atoms with Crippen LogP contribution in [0.2, 0.25) is 0 Å². The van der Waals surface area contributed by atoms with Gasteiger partial charge < -0.3 is 9.53 Å². The summed E-state index contributed by atoms with van der Waals surface area (Å²) < 4.78 is 4.26. The van der Waals surface area contributed by atoms with Crippen LogP contribution in [0.25, 0.3) is 0 Å². The second kappa shape index (κ2) is 6.70. The largest absolute Gasteiger partial charge is 1.00 e. The number of Topliss-reactive ketones (excluding diaryl/α,β-unsaturated/α-hetero) is 1. The Balaban J connectivity index is 0. The van der Waals surface area contributed by atoms with Crippen molar-refractivity contribution in [3.63, 3.8) is 0 Å². The molecule has 0 aliphatic rings. The number of ketones is 1. The molecular weight excluding hydrogens is 155 g/mol. The van der Waals surface area contributed by atoms with Gasteiger partial charge in [0.2, 0.25) is 0 Å². The van der Waals surface area contributed by atoms with Crippen molar-refractivity contribution in [2.75, 3.05) is 7.11 Å². The monoisotopic (exact) mass is 166 g/mol. The number of carbonyl (C=O) groups excluding carboxylic acids is 2. The molecule has 58 valence electrons. The van der Waals surface area contributed by atoms with Crippen LogP contribution in [0.3, 0.4) is 0 Å². The number of esters is 1. The Morgan fingerprint density at radius 1 is 1.36 bits per heavy atom. The van der Waals surface area contributed by atoms with E-state index in [4.69, 9.17) is 0 Å². The van der Waals surface area contributed by atoms with E-state index in [1.807, 2.05) is 0 Å². The molecule has 0 aromatic rings. The summed E-state index contributed by atoms with van der Waals surface area (Å²) in [6.07, 6.45) is 0.963. The summed E-state index contributed by atoms with van der Waals surface area (Å²) in [5.41, 5.74) is 0. The standard InChI is InChI=1S/C7H11O3.Na/c1-5(2)6(8)4-7(9)10-3;/h4-5H,1-3H3;/q-1;+1. The zero-order valence-electron chi connectivity index (χ0n) is 7.38. The Kier molecular flexibility index (Phi) is 8.28. The Morgan fingerprint density at radius 2 is 1.82 bits per heavy atom. The molecule has 0 rings (SSSR count). The van der Waals surface area contributed by atoms with Crippen LogP contribution in [0.4, 0.5) is 0 Å². The van der Waals surface area contributed by atoms with Crippen LogP contribution in [0.15, 0.2) is 0 Å². The molecule has 11 heavy (non-hydrogen) atoms. The second-order valence-electron chi connectivity index (χ2n) is 2.22. The zero-order chi connectivity index (χ0) is 8.15. The van der Waals surface area contributed by atoms with Gasteiger partial charge in [0.1, 0.15) is 0 Å². The molecule has 0 fully saturated rings. The number of ether oxygens (including phenoxy) is 1. The Hall–Kier alpha value is 0.0100. The number of methoxy groups -OCH3 is 1. The molecule has 3 nitrogen and oxygen atoms in total. The summed E-state index contributed by atoms with van der Waals surface area (Å²) >= 11 is 0. The van der Waals surface area contributed by atoms with Crippen LogP contribution in [0.5, 0.6) is 0 Å². The number of hydrogen-bond donors (Lipinski definition) is 0. The minimum atomic E-state index is -0.585. The maximum absolute atomic E-state index is 10.8. The van der Waals surface area contributed by atoms with E-state index in [2.05, 4.69) is 4.74 Å². The molecule has 4 heteroatoms. The van der Waals surface area contributed by atoms with Gasteiger partial charge in [-0.15, -0.1) is 0 Å². The van der Waals surface area contributed by atoms with Crippen molar-refractivity contribution in [2.45, 2.75) is 13.8 Å². The SMILES string of the molecule is COC(=O)[CH-]C(=O)C(C)C.[Na+]. The van der Waals surface area contributed by atoms with Gasteiger partial charge in [-0.05, 0) is 5.92 Å². The summed E-state index contributed by atoms with van der Waals surface area (Å²) in [5, 5.41) is 0. The maximum Gasteiger partial charge on any atom is 1.00 e. The van der Waals surface area contributed by atoms with Crippen LogP contribution in [0.1, 0.15) is 13.8 Å². The molecule has 0 aromatic heterocycles. The molecule has 0 amide bonds. The molecule has 0 heterocycles. The van der Waals surface area contributed by atoms with Gasteiger partial charge in [0.25, 0.3) is 0 Å². The Morgan fingerprint density at radius 3 is 2.09 bits per heavy atom. The van der Waals surface area contributed by atoms with Crippen molar-refractivity contribution in [3.8, 4) is 0 Å². The molecule has 0 N–H and O–H groups in total. The molecule has 0 atom stereocenters. The van der Waals surface area contributed by atoms with Crippen molar-refractivity contribution in [2.24, 2.45) is 5.92 Å². The summed E-state index contributed by atoms with van der Waals surface area (Å²) in [7, 11) is 1.24. The van der Waals surface area contributed by atoms with Crippen molar-refractivity contribution in [1.82, 2.24) is 0 Å². The van der Waals surface area contributed by atoms with Crippen molar-refractivity contribution in [1.29, 1.82) is 0 Å². The minimum Gasteiger partial charge on any atom is -0.491 e. The van der Waals surface area contributed by atoms with Gasteiger partial charge in [-0.1, -0.05) is 13.8 Å². The van der Waals surface area contributed by atoms with Crippen molar-refractivity contribution in [3.05, 3.63) is 6.42 Å². The first kappa shape index (κ1) is 13.6. The van der Waals surface area contributed by atoms with Crippen molar-refractivity contribution >= 4 is 11.8 Å². The minimum absolute atomic E-state index is 0. The average Bonchev–Trinajstić information content (AvgIpc) is 1.87. The predicted molar refractivity (Wildman–Crippen MR) is 36.2 cm³/mol. The van der Waals surface area contributed by atoms with E-state index in [0.29, 0.717) is 0 Å². The van der Waals surface area contributed by atoms with Crippen molar-refractivity contribution < 1.29 is 43.9 Å². The van der Waals surface area contributed by atoms with Gasteiger partial charge in [-0.2, -0.15) is 0 Å². The maximum atomic E-state index is 10.8. The first-order chi connectivity index (χ1) is 4.57. The fourth-order valence-electron chi connectivity index (χ4n) is 0.342. The van der Waals surface area contributed by atoms with Gasteiger partial charge in [0.15, 0.2) is 5.97 Å². The van der Waals surface area contributed by atoms with Crippen LogP contribution in [-0.2, 0) is 14.3 Å².